The van der Waals surface area contributed by atoms with Crippen molar-refractivity contribution in [3.05, 3.63) is 0 Å². The van der Waals surface area contributed by atoms with E-state index in [0.29, 0.717) is 37.9 Å². The SMILES string of the molecule is CCCOC(=O)C(CCCCC(C)C)(CCCCC(C)C)C(=O)OCCC. The largest absolute Gasteiger partial charge is 0.465 e. The Morgan fingerprint density at radius 3 is 1.37 bits per heavy atom. The summed E-state index contributed by atoms with van der Waals surface area (Å²) in [6, 6.07) is 0. The Hall–Kier alpha value is -1.06. The van der Waals surface area contributed by atoms with Crippen LogP contribution in [0.3, 0.4) is 0 Å². The van der Waals surface area contributed by atoms with Gasteiger partial charge in [-0.15, -0.1) is 0 Å². The van der Waals surface area contributed by atoms with E-state index in [2.05, 4.69) is 27.7 Å². The van der Waals surface area contributed by atoms with Gasteiger partial charge in [0, 0.05) is 0 Å². The van der Waals surface area contributed by atoms with E-state index >= 15 is 0 Å². The first kappa shape index (κ1) is 25.9. The van der Waals surface area contributed by atoms with E-state index in [1.54, 1.807) is 0 Å². The Morgan fingerprint density at radius 1 is 0.704 bits per heavy atom. The second kappa shape index (κ2) is 14.9. The zero-order valence-corrected chi connectivity index (χ0v) is 18.8. The van der Waals surface area contributed by atoms with Gasteiger partial charge in [-0.1, -0.05) is 80.1 Å². The van der Waals surface area contributed by atoms with Crippen LogP contribution in [0.25, 0.3) is 0 Å². The number of hydrogen-bond donors (Lipinski definition) is 0. The smallest absolute Gasteiger partial charge is 0.323 e. The second-order valence-corrected chi connectivity index (χ2v) is 8.63. The summed E-state index contributed by atoms with van der Waals surface area (Å²) in [5.41, 5.74) is -1.13. The first-order chi connectivity index (χ1) is 12.8. The molecule has 0 aromatic rings. The Balaban J connectivity index is 5.25. The summed E-state index contributed by atoms with van der Waals surface area (Å²) in [7, 11) is 0. The minimum atomic E-state index is -1.13. The summed E-state index contributed by atoms with van der Waals surface area (Å²) >= 11 is 0. The van der Waals surface area contributed by atoms with Crippen molar-refractivity contribution >= 4 is 11.9 Å². The predicted molar refractivity (Wildman–Crippen MR) is 112 cm³/mol. The van der Waals surface area contributed by atoms with Gasteiger partial charge in [0.2, 0.25) is 0 Å². The van der Waals surface area contributed by atoms with Crippen molar-refractivity contribution in [2.45, 2.75) is 106 Å². The minimum absolute atomic E-state index is 0.361. The summed E-state index contributed by atoms with van der Waals surface area (Å²) in [5.74, 6) is 0.508. The van der Waals surface area contributed by atoms with Gasteiger partial charge >= 0.3 is 11.9 Å². The summed E-state index contributed by atoms with van der Waals surface area (Å²) in [6.45, 7) is 13.5. The average Bonchev–Trinajstić information content (AvgIpc) is 2.62. The number of carbonyl (C=O) groups excluding carboxylic acids is 2. The first-order valence-corrected chi connectivity index (χ1v) is 11.1. The molecule has 27 heavy (non-hydrogen) atoms. The molecular weight excluding hydrogens is 340 g/mol. The van der Waals surface area contributed by atoms with Crippen molar-refractivity contribution < 1.29 is 19.1 Å². The summed E-state index contributed by atoms with van der Waals surface area (Å²) in [5, 5.41) is 0. The maximum absolute atomic E-state index is 13.0. The molecule has 0 saturated carbocycles. The maximum Gasteiger partial charge on any atom is 0.323 e. The molecule has 0 spiro atoms. The quantitative estimate of drug-likeness (QED) is 0.178. The van der Waals surface area contributed by atoms with E-state index < -0.39 is 5.41 Å². The van der Waals surface area contributed by atoms with Crippen LogP contribution in [-0.2, 0) is 19.1 Å². The molecule has 0 radical (unpaired) electrons. The molecule has 0 saturated heterocycles. The summed E-state index contributed by atoms with van der Waals surface area (Å²) in [4.78, 5) is 25.9. The molecule has 0 aliphatic heterocycles. The molecule has 0 unspecified atom stereocenters. The van der Waals surface area contributed by atoms with Gasteiger partial charge < -0.3 is 9.47 Å². The third-order valence-corrected chi connectivity index (χ3v) is 4.93. The monoisotopic (exact) mass is 384 g/mol. The van der Waals surface area contributed by atoms with Crippen LogP contribution in [0.4, 0.5) is 0 Å². The van der Waals surface area contributed by atoms with Crippen molar-refractivity contribution in [3.63, 3.8) is 0 Å². The van der Waals surface area contributed by atoms with Crippen LogP contribution in [0.15, 0.2) is 0 Å². The molecule has 0 aromatic carbocycles. The van der Waals surface area contributed by atoms with E-state index in [0.717, 1.165) is 51.4 Å². The highest BCUT2D eigenvalue weighted by Gasteiger charge is 2.47. The Morgan fingerprint density at radius 2 is 1.07 bits per heavy atom. The predicted octanol–water partition coefficient (Wildman–Crippen LogP) is 6.31. The van der Waals surface area contributed by atoms with Crippen LogP contribution in [-0.4, -0.2) is 25.2 Å². The molecule has 0 aliphatic rings. The molecule has 0 atom stereocenters. The highest BCUT2D eigenvalue weighted by molar-refractivity contribution is 6.00. The van der Waals surface area contributed by atoms with E-state index in [1.807, 2.05) is 13.8 Å². The molecule has 0 bridgehead atoms. The lowest BCUT2D eigenvalue weighted by Crippen LogP contribution is -2.42. The fourth-order valence-corrected chi connectivity index (χ4v) is 3.24. The van der Waals surface area contributed by atoms with E-state index in [1.165, 1.54) is 0 Å². The minimum Gasteiger partial charge on any atom is -0.465 e. The van der Waals surface area contributed by atoms with Gasteiger partial charge in [0.05, 0.1) is 13.2 Å². The molecule has 0 rings (SSSR count). The van der Waals surface area contributed by atoms with Crippen LogP contribution in [0.5, 0.6) is 0 Å². The molecule has 0 aromatic heterocycles. The molecule has 0 amide bonds. The normalized spacial score (nSPS) is 11.9. The lowest BCUT2D eigenvalue weighted by atomic mass is 9.77. The third-order valence-electron chi connectivity index (χ3n) is 4.93. The van der Waals surface area contributed by atoms with Gasteiger partial charge in [0.25, 0.3) is 0 Å². The lowest BCUT2D eigenvalue weighted by Gasteiger charge is -2.30. The third kappa shape index (κ3) is 10.8. The van der Waals surface area contributed by atoms with Crippen molar-refractivity contribution in [1.82, 2.24) is 0 Å². The molecule has 0 fully saturated rings. The fraction of sp³-hybridized carbons (Fsp3) is 0.913. The number of unbranched alkanes of at least 4 members (excludes halogenated alkanes) is 2. The summed E-state index contributed by atoms with van der Waals surface area (Å²) < 4.78 is 10.9. The van der Waals surface area contributed by atoms with Gasteiger partial charge in [0.1, 0.15) is 0 Å². The fourth-order valence-electron chi connectivity index (χ4n) is 3.24. The van der Waals surface area contributed by atoms with Gasteiger partial charge in [-0.2, -0.15) is 0 Å². The second-order valence-electron chi connectivity index (χ2n) is 8.63. The van der Waals surface area contributed by atoms with Gasteiger partial charge in [-0.05, 0) is 37.5 Å². The molecule has 0 aliphatic carbocycles. The maximum atomic E-state index is 13.0. The molecule has 4 nitrogen and oxygen atoms in total. The Kier molecular flexibility index (Phi) is 14.3. The van der Waals surface area contributed by atoms with Crippen LogP contribution in [0, 0.1) is 17.3 Å². The number of carbonyl (C=O) groups is 2. The van der Waals surface area contributed by atoms with Crippen LogP contribution < -0.4 is 0 Å². The van der Waals surface area contributed by atoms with Gasteiger partial charge in [0.15, 0.2) is 5.41 Å². The number of hydrogen-bond acceptors (Lipinski definition) is 4. The zero-order chi connectivity index (χ0) is 20.7. The first-order valence-electron chi connectivity index (χ1n) is 11.1. The van der Waals surface area contributed by atoms with Crippen LogP contribution >= 0.6 is 0 Å². The number of rotatable bonds is 16. The molecular formula is C23H44O4. The van der Waals surface area contributed by atoms with Gasteiger partial charge in [-0.3, -0.25) is 9.59 Å². The van der Waals surface area contributed by atoms with Crippen molar-refractivity contribution in [3.8, 4) is 0 Å². The van der Waals surface area contributed by atoms with Crippen molar-refractivity contribution in [1.29, 1.82) is 0 Å². The number of esters is 2. The van der Waals surface area contributed by atoms with Crippen LogP contribution in [0.2, 0.25) is 0 Å². The Labute approximate surface area is 167 Å². The number of ether oxygens (including phenoxy) is 2. The highest BCUT2D eigenvalue weighted by atomic mass is 16.6. The van der Waals surface area contributed by atoms with E-state index in [9.17, 15) is 9.59 Å². The van der Waals surface area contributed by atoms with E-state index in [4.69, 9.17) is 9.47 Å². The molecule has 0 heterocycles. The van der Waals surface area contributed by atoms with Crippen LogP contribution in [0.1, 0.15) is 106 Å². The van der Waals surface area contributed by atoms with E-state index in [-0.39, 0.29) is 11.9 Å². The zero-order valence-electron chi connectivity index (χ0n) is 18.8. The standard InChI is InChI=1S/C23H44O4/c1-7-17-26-21(24)23(22(25)27-18-8-2,15-11-9-13-19(3)4)16-12-10-14-20(5)6/h19-20H,7-18H2,1-6H3. The summed E-state index contributed by atoms with van der Waals surface area (Å²) in [6.07, 6.45) is 8.55. The molecule has 4 heteroatoms. The molecule has 0 N–H and O–H groups in total. The van der Waals surface area contributed by atoms with Crippen molar-refractivity contribution in [2.75, 3.05) is 13.2 Å². The Bertz CT molecular complexity index is 363. The highest BCUT2D eigenvalue weighted by Crippen LogP contribution is 2.35. The van der Waals surface area contributed by atoms with Gasteiger partial charge in [-0.25, -0.2) is 0 Å². The molecule has 160 valence electrons. The van der Waals surface area contributed by atoms with Crippen molar-refractivity contribution in [2.24, 2.45) is 17.3 Å². The topological polar surface area (TPSA) is 52.6 Å². The lowest BCUT2D eigenvalue weighted by molar-refractivity contribution is -0.174. The average molecular weight is 385 g/mol.